The molecule has 2 aromatic rings. The van der Waals surface area contributed by atoms with Gasteiger partial charge in [-0.3, -0.25) is 9.10 Å². The summed E-state index contributed by atoms with van der Waals surface area (Å²) in [6, 6.07) is 15.6. The fraction of sp³-hybridized carbons (Fsp3) is 0.188. The SMILES string of the molecule is NC(=O)C1CN(S(=O)(=O)Cc2ccccc2)c2ccccc2O1. The second kappa shape index (κ2) is 5.92. The average Bonchev–Trinajstić information content (AvgIpc) is 2.54. The molecule has 0 spiro atoms. The summed E-state index contributed by atoms with van der Waals surface area (Å²) in [5.74, 6) is -0.521. The van der Waals surface area contributed by atoms with Gasteiger partial charge in [-0.1, -0.05) is 42.5 Å². The van der Waals surface area contributed by atoms with Crippen LogP contribution in [0, 0.1) is 0 Å². The van der Waals surface area contributed by atoms with Crippen molar-refractivity contribution in [3.8, 4) is 5.75 Å². The Morgan fingerprint density at radius 2 is 1.78 bits per heavy atom. The summed E-state index contributed by atoms with van der Waals surface area (Å²) in [7, 11) is -3.67. The van der Waals surface area contributed by atoms with Crippen LogP contribution in [0.2, 0.25) is 0 Å². The molecule has 1 aliphatic rings. The molecule has 0 aromatic heterocycles. The zero-order valence-electron chi connectivity index (χ0n) is 12.3. The van der Waals surface area contributed by atoms with Crippen LogP contribution in [-0.2, 0) is 20.6 Å². The summed E-state index contributed by atoms with van der Waals surface area (Å²) < 4.78 is 32.3. The fourth-order valence-electron chi connectivity index (χ4n) is 2.48. The number of sulfonamides is 1. The van der Waals surface area contributed by atoms with E-state index in [2.05, 4.69) is 0 Å². The van der Waals surface area contributed by atoms with Crippen molar-refractivity contribution >= 4 is 21.6 Å². The molecule has 23 heavy (non-hydrogen) atoms. The lowest BCUT2D eigenvalue weighted by atomic mass is 10.2. The summed E-state index contributed by atoms with van der Waals surface area (Å²) in [5, 5.41) is 0. The molecule has 1 amide bonds. The van der Waals surface area contributed by atoms with Crippen LogP contribution in [0.25, 0.3) is 0 Å². The summed E-state index contributed by atoms with van der Waals surface area (Å²) >= 11 is 0. The minimum Gasteiger partial charge on any atom is -0.476 e. The van der Waals surface area contributed by atoms with Gasteiger partial charge >= 0.3 is 0 Å². The highest BCUT2D eigenvalue weighted by Crippen LogP contribution is 2.35. The van der Waals surface area contributed by atoms with E-state index < -0.39 is 22.0 Å². The predicted octanol–water partition coefficient (Wildman–Crippen LogP) is 1.27. The first-order valence-corrected chi connectivity index (χ1v) is 8.67. The van der Waals surface area contributed by atoms with Crippen molar-refractivity contribution in [2.24, 2.45) is 5.73 Å². The lowest BCUT2D eigenvalue weighted by Crippen LogP contribution is -2.49. The highest BCUT2D eigenvalue weighted by atomic mass is 32.2. The van der Waals surface area contributed by atoms with Crippen molar-refractivity contribution in [2.45, 2.75) is 11.9 Å². The molecular weight excluding hydrogens is 316 g/mol. The van der Waals surface area contributed by atoms with E-state index in [4.69, 9.17) is 10.5 Å². The first kappa shape index (κ1) is 15.4. The number of nitrogens with two attached hydrogens (primary N) is 1. The van der Waals surface area contributed by atoms with E-state index >= 15 is 0 Å². The van der Waals surface area contributed by atoms with Crippen LogP contribution in [-0.4, -0.2) is 27.0 Å². The maximum absolute atomic E-state index is 12.8. The Bertz CT molecular complexity index is 821. The molecule has 0 aliphatic carbocycles. The van der Waals surface area contributed by atoms with Gasteiger partial charge in [0.1, 0.15) is 5.75 Å². The Morgan fingerprint density at radius 3 is 2.48 bits per heavy atom. The molecule has 6 nitrogen and oxygen atoms in total. The third kappa shape index (κ3) is 3.14. The molecule has 1 atom stereocenters. The quantitative estimate of drug-likeness (QED) is 0.913. The van der Waals surface area contributed by atoms with Crippen LogP contribution in [0.15, 0.2) is 54.6 Å². The number of para-hydroxylation sites is 2. The number of carbonyl (C=O) groups is 1. The van der Waals surface area contributed by atoms with E-state index in [-0.39, 0.29) is 12.3 Å². The Hall–Kier alpha value is -2.54. The largest absolute Gasteiger partial charge is 0.476 e. The number of hydrogen-bond acceptors (Lipinski definition) is 4. The number of anilines is 1. The van der Waals surface area contributed by atoms with Crippen LogP contribution < -0.4 is 14.8 Å². The van der Waals surface area contributed by atoms with Crippen molar-refractivity contribution < 1.29 is 17.9 Å². The van der Waals surface area contributed by atoms with Crippen molar-refractivity contribution in [3.05, 3.63) is 60.2 Å². The number of amides is 1. The summed E-state index contributed by atoms with van der Waals surface area (Å²) in [6.07, 6.45) is -1.00. The first-order chi connectivity index (χ1) is 11.0. The van der Waals surface area contributed by atoms with Crippen molar-refractivity contribution in [3.63, 3.8) is 0 Å². The predicted molar refractivity (Wildman–Crippen MR) is 86.5 cm³/mol. The molecular formula is C16H16N2O4S. The van der Waals surface area contributed by atoms with Gasteiger partial charge in [0.25, 0.3) is 5.91 Å². The molecule has 0 radical (unpaired) electrons. The monoisotopic (exact) mass is 332 g/mol. The molecule has 0 saturated carbocycles. The van der Waals surface area contributed by atoms with Crippen molar-refractivity contribution in [2.75, 3.05) is 10.8 Å². The van der Waals surface area contributed by atoms with Crippen molar-refractivity contribution in [1.82, 2.24) is 0 Å². The smallest absolute Gasteiger partial charge is 0.260 e. The van der Waals surface area contributed by atoms with Gasteiger partial charge in [-0.15, -0.1) is 0 Å². The topological polar surface area (TPSA) is 89.7 Å². The standard InChI is InChI=1S/C16H16N2O4S/c17-16(19)15-10-18(13-8-4-5-9-14(13)22-15)23(20,21)11-12-6-2-1-3-7-12/h1-9,15H,10-11H2,(H2,17,19). The maximum Gasteiger partial charge on any atom is 0.260 e. The van der Waals surface area contributed by atoms with Gasteiger partial charge in [0.15, 0.2) is 6.10 Å². The maximum atomic E-state index is 12.8. The summed E-state index contributed by atoms with van der Waals surface area (Å²) in [4.78, 5) is 11.5. The van der Waals surface area contributed by atoms with E-state index in [0.29, 0.717) is 17.0 Å². The molecule has 2 aromatic carbocycles. The Labute approximate surface area is 134 Å². The number of carbonyl (C=O) groups excluding carboxylic acids is 1. The summed E-state index contributed by atoms with van der Waals surface area (Å²) in [5.41, 5.74) is 6.39. The third-order valence-electron chi connectivity index (χ3n) is 3.58. The zero-order valence-corrected chi connectivity index (χ0v) is 13.1. The van der Waals surface area contributed by atoms with Gasteiger partial charge in [-0.2, -0.15) is 0 Å². The lowest BCUT2D eigenvalue weighted by Gasteiger charge is -2.34. The van der Waals surface area contributed by atoms with Gasteiger partial charge in [0.05, 0.1) is 18.0 Å². The van der Waals surface area contributed by atoms with Crippen LogP contribution >= 0.6 is 0 Å². The third-order valence-corrected chi connectivity index (χ3v) is 5.30. The molecule has 0 fully saturated rings. The number of hydrogen-bond donors (Lipinski definition) is 1. The number of fused-ring (bicyclic) bond motifs is 1. The number of primary amides is 1. The summed E-state index contributed by atoms with van der Waals surface area (Å²) in [6.45, 7) is -0.123. The fourth-order valence-corrected chi connectivity index (χ4v) is 4.06. The van der Waals surface area contributed by atoms with Crippen LogP contribution in [0.4, 0.5) is 5.69 Å². The molecule has 1 heterocycles. The highest BCUT2D eigenvalue weighted by molar-refractivity contribution is 7.92. The van der Waals surface area contributed by atoms with Gasteiger partial charge in [0, 0.05) is 0 Å². The lowest BCUT2D eigenvalue weighted by molar-refractivity contribution is -0.124. The van der Waals surface area contributed by atoms with Crippen LogP contribution in [0.1, 0.15) is 5.56 Å². The van der Waals surface area contributed by atoms with E-state index in [1.165, 1.54) is 4.31 Å². The number of benzene rings is 2. The Kier molecular flexibility index (Phi) is 3.96. The Balaban J connectivity index is 1.98. The van der Waals surface area contributed by atoms with E-state index in [0.717, 1.165) is 0 Å². The number of nitrogens with zero attached hydrogens (tertiary/aromatic N) is 1. The molecule has 3 rings (SSSR count). The molecule has 0 bridgehead atoms. The van der Waals surface area contributed by atoms with Crippen LogP contribution in [0.3, 0.4) is 0 Å². The van der Waals surface area contributed by atoms with Gasteiger partial charge in [0.2, 0.25) is 10.0 Å². The molecule has 120 valence electrons. The number of ether oxygens (including phenoxy) is 1. The normalized spacial score (nSPS) is 17.2. The second-order valence-corrected chi connectivity index (χ2v) is 7.14. The minimum absolute atomic E-state index is 0.123. The van der Waals surface area contributed by atoms with E-state index in [9.17, 15) is 13.2 Å². The minimum atomic E-state index is -3.67. The van der Waals surface area contributed by atoms with E-state index in [1.807, 2.05) is 6.07 Å². The van der Waals surface area contributed by atoms with Gasteiger partial charge < -0.3 is 10.5 Å². The average molecular weight is 332 g/mol. The second-order valence-electron chi connectivity index (χ2n) is 5.25. The molecule has 1 aliphatic heterocycles. The highest BCUT2D eigenvalue weighted by Gasteiger charge is 2.35. The molecule has 7 heteroatoms. The molecule has 2 N–H and O–H groups in total. The van der Waals surface area contributed by atoms with Crippen molar-refractivity contribution in [1.29, 1.82) is 0 Å². The molecule has 1 unspecified atom stereocenters. The van der Waals surface area contributed by atoms with Gasteiger partial charge in [-0.25, -0.2) is 8.42 Å². The van der Waals surface area contributed by atoms with E-state index in [1.54, 1.807) is 48.5 Å². The first-order valence-electron chi connectivity index (χ1n) is 7.07. The van der Waals surface area contributed by atoms with Crippen LogP contribution in [0.5, 0.6) is 5.75 Å². The number of rotatable bonds is 4. The molecule has 0 saturated heterocycles. The van der Waals surface area contributed by atoms with Gasteiger partial charge in [-0.05, 0) is 17.7 Å². The Morgan fingerprint density at radius 1 is 1.13 bits per heavy atom. The zero-order chi connectivity index (χ0) is 16.4.